The van der Waals surface area contributed by atoms with Crippen molar-refractivity contribution in [2.45, 2.75) is 113 Å². The molecular formula is C49H59Cl2SiZr. The van der Waals surface area contributed by atoms with Crippen LogP contribution in [0.1, 0.15) is 116 Å². The standard InChI is InChI=1S/C47H53.C2H6Si.2ClH.Zr/c1-10-19-32-29-36-33(30-20-12-11-13-21-30)24-18-25-35(36)39(32)42-41-37-28-31-22-14-15-23-34(31)40(37)38-26-16-17-27-46(38,8)47(41,9)45(6,7)44(4,5)43(42,2)3;1-3-2;;;/h11-16,18,20-26,29,39H,10,17,19,27-28H2,1-9H3;1-2H3;2*1H;/q-1;;;;+3/p-2. The Morgan fingerprint density at radius 1 is 0.774 bits per heavy atom. The van der Waals surface area contributed by atoms with Crippen molar-refractivity contribution >= 4 is 21.2 Å². The molecular weight excluding hydrogens is 779 g/mol. The molecule has 3 aromatic rings. The van der Waals surface area contributed by atoms with Crippen LogP contribution in [0.15, 0.2) is 107 Å². The molecule has 0 amide bonds. The van der Waals surface area contributed by atoms with Crippen LogP contribution in [0.2, 0.25) is 13.1 Å². The first-order valence-corrected chi connectivity index (χ1v) is 21.3. The fraction of sp³-hybridized carbons (Fsp3) is 0.449. The van der Waals surface area contributed by atoms with Crippen LogP contribution in [0, 0.1) is 33.0 Å². The summed E-state index contributed by atoms with van der Waals surface area (Å²) in [6.45, 7) is 27.8. The maximum atomic E-state index is 2.71. The van der Waals surface area contributed by atoms with Gasteiger partial charge in [-0.2, -0.15) is 17.1 Å². The number of rotatable bonds is 4. The molecule has 0 aliphatic heterocycles. The van der Waals surface area contributed by atoms with Gasteiger partial charge < -0.3 is 24.8 Å². The van der Waals surface area contributed by atoms with E-state index < -0.39 is 0 Å². The van der Waals surface area contributed by atoms with Crippen LogP contribution in [0.5, 0.6) is 0 Å². The quantitative estimate of drug-likeness (QED) is 0.186. The molecule has 0 bridgehead atoms. The van der Waals surface area contributed by atoms with E-state index in [4.69, 9.17) is 0 Å². The van der Waals surface area contributed by atoms with Gasteiger partial charge in [0, 0.05) is 9.52 Å². The number of hydrogen-bond acceptors (Lipinski definition) is 0. The molecule has 0 nitrogen and oxygen atoms in total. The Kier molecular flexibility index (Phi) is 12.9. The van der Waals surface area contributed by atoms with Crippen molar-refractivity contribution in [2.75, 3.05) is 0 Å². The molecule has 0 heterocycles. The first-order chi connectivity index (χ1) is 23.7. The summed E-state index contributed by atoms with van der Waals surface area (Å²) in [4.78, 5) is 0. The van der Waals surface area contributed by atoms with Gasteiger partial charge in [-0.1, -0.05) is 207 Å². The topological polar surface area (TPSA) is 0 Å². The molecule has 0 aromatic heterocycles. The summed E-state index contributed by atoms with van der Waals surface area (Å²) in [5.41, 5.74) is 16.7. The first-order valence-electron chi connectivity index (χ1n) is 19.3. The fourth-order valence-corrected chi connectivity index (χ4v) is 11.4. The first kappa shape index (κ1) is 43.9. The van der Waals surface area contributed by atoms with Gasteiger partial charge in [0.1, 0.15) is 0 Å². The van der Waals surface area contributed by atoms with Crippen molar-refractivity contribution in [1.82, 2.24) is 0 Å². The zero-order valence-corrected chi connectivity index (χ0v) is 39.0. The zero-order chi connectivity index (χ0) is 35.9. The molecule has 0 N–H and O–H groups in total. The largest absolute Gasteiger partial charge is 3.00 e. The maximum Gasteiger partial charge on any atom is 3.00 e. The van der Waals surface area contributed by atoms with Crippen molar-refractivity contribution < 1.29 is 51.0 Å². The van der Waals surface area contributed by atoms with Gasteiger partial charge in [0.25, 0.3) is 0 Å². The van der Waals surface area contributed by atoms with E-state index in [2.05, 4.69) is 166 Å². The molecule has 277 valence electrons. The SMILES string of the molecule is CCCC1=Cc2c(-c3ccccc3)cccc2C1[C-]1C2=C3Cc4ccccc4C3=C3C=CCCC3(C)C2(C)C(C)(C)C(C)(C)C1(C)C.C[Si]C.[Cl-].[Cl-].[Zr+3]. The van der Waals surface area contributed by atoms with E-state index in [9.17, 15) is 0 Å². The van der Waals surface area contributed by atoms with Crippen molar-refractivity contribution in [3.05, 3.63) is 135 Å². The Balaban J connectivity index is 0.00000101. The van der Waals surface area contributed by atoms with Crippen molar-refractivity contribution in [3.63, 3.8) is 0 Å². The number of fused-ring (bicyclic) bond motifs is 7. The molecule has 3 unspecified atom stereocenters. The van der Waals surface area contributed by atoms with Crippen LogP contribution >= 0.6 is 0 Å². The molecule has 5 aliphatic rings. The Morgan fingerprint density at radius 2 is 1.40 bits per heavy atom. The number of allylic oxidation sites excluding steroid dienone is 7. The van der Waals surface area contributed by atoms with Gasteiger partial charge in [0.05, 0.1) is 0 Å². The van der Waals surface area contributed by atoms with Crippen LogP contribution in [-0.4, -0.2) is 9.52 Å². The van der Waals surface area contributed by atoms with Crippen LogP contribution in [-0.2, 0) is 32.6 Å². The van der Waals surface area contributed by atoms with Gasteiger partial charge in [0.15, 0.2) is 0 Å². The van der Waals surface area contributed by atoms with Gasteiger partial charge >= 0.3 is 26.2 Å². The number of hydrogen-bond donors (Lipinski definition) is 0. The van der Waals surface area contributed by atoms with Gasteiger partial charge in [-0.05, 0) is 74.7 Å². The average Bonchev–Trinajstić information content (AvgIpc) is 3.65. The Hall–Kier alpha value is -1.83. The van der Waals surface area contributed by atoms with Crippen molar-refractivity contribution in [1.29, 1.82) is 0 Å². The van der Waals surface area contributed by atoms with Gasteiger partial charge in [-0.3, -0.25) is 0 Å². The smallest absolute Gasteiger partial charge is 1.00 e. The molecule has 53 heavy (non-hydrogen) atoms. The number of halogens is 2. The van der Waals surface area contributed by atoms with Gasteiger partial charge in [-0.25, -0.2) is 0 Å². The molecule has 1 fully saturated rings. The summed E-state index contributed by atoms with van der Waals surface area (Å²) >= 11 is 0. The normalized spacial score (nSPS) is 26.2. The van der Waals surface area contributed by atoms with E-state index in [0.717, 1.165) is 35.2 Å². The van der Waals surface area contributed by atoms with Gasteiger partial charge in [-0.15, -0.1) is 0 Å². The van der Waals surface area contributed by atoms with E-state index in [0.29, 0.717) is 0 Å². The predicted octanol–water partition coefficient (Wildman–Crippen LogP) is 7.78. The minimum absolute atomic E-state index is 0. The van der Waals surface area contributed by atoms with Crippen LogP contribution < -0.4 is 24.8 Å². The average molecular weight is 838 g/mol. The molecule has 1 saturated carbocycles. The Bertz CT molecular complexity index is 1960. The Morgan fingerprint density at radius 3 is 2.06 bits per heavy atom. The van der Waals surface area contributed by atoms with E-state index in [-0.39, 0.29) is 84.0 Å². The summed E-state index contributed by atoms with van der Waals surface area (Å²) in [5, 5.41) is 0. The van der Waals surface area contributed by atoms with Crippen molar-refractivity contribution in [2.24, 2.45) is 27.1 Å². The van der Waals surface area contributed by atoms with E-state index in [1.54, 1.807) is 33.8 Å². The third kappa shape index (κ3) is 5.92. The molecule has 3 atom stereocenters. The van der Waals surface area contributed by atoms with E-state index in [1.165, 1.54) is 39.8 Å². The van der Waals surface area contributed by atoms with E-state index >= 15 is 0 Å². The number of benzene rings is 3. The third-order valence-electron chi connectivity index (χ3n) is 15.2. The molecule has 5 aliphatic carbocycles. The summed E-state index contributed by atoms with van der Waals surface area (Å²) < 4.78 is 0. The molecule has 8 rings (SSSR count). The minimum atomic E-state index is -0.0492. The summed E-state index contributed by atoms with van der Waals surface area (Å²) in [7, 11) is 1.08. The molecule has 0 saturated heterocycles. The molecule has 4 heteroatoms. The predicted molar refractivity (Wildman–Crippen MR) is 218 cm³/mol. The zero-order valence-electron chi connectivity index (χ0n) is 34.0. The van der Waals surface area contributed by atoms with Crippen LogP contribution in [0.25, 0.3) is 22.8 Å². The monoisotopic (exact) mass is 835 g/mol. The maximum absolute atomic E-state index is 2.71. The molecule has 3 aromatic carbocycles. The second kappa shape index (κ2) is 15.6. The van der Waals surface area contributed by atoms with Crippen LogP contribution in [0.3, 0.4) is 0 Å². The van der Waals surface area contributed by atoms with Crippen molar-refractivity contribution in [3.8, 4) is 11.1 Å². The van der Waals surface area contributed by atoms with Gasteiger partial charge in [0.2, 0.25) is 0 Å². The fourth-order valence-electron chi connectivity index (χ4n) is 11.4. The molecule has 0 spiro atoms. The Labute approximate surface area is 356 Å². The molecule has 3 radical (unpaired) electrons. The van der Waals surface area contributed by atoms with Crippen LogP contribution in [0.4, 0.5) is 0 Å². The second-order valence-corrected chi connectivity index (χ2v) is 18.7. The van der Waals surface area contributed by atoms with E-state index in [1.807, 2.05) is 0 Å². The second-order valence-electron chi connectivity index (χ2n) is 17.7. The minimum Gasteiger partial charge on any atom is -1.00 e. The summed E-state index contributed by atoms with van der Waals surface area (Å²) in [6, 6.07) is 27.6. The third-order valence-corrected chi connectivity index (χ3v) is 15.2. The summed E-state index contributed by atoms with van der Waals surface area (Å²) in [6.07, 6.45) is 13.3. The summed E-state index contributed by atoms with van der Waals surface area (Å²) in [5.74, 6) is 2.00.